The van der Waals surface area contributed by atoms with Crippen LogP contribution in [0.25, 0.3) is 33.3 Å². The zero-order valence-electron chi connectivity index (χ0n) is 15.0. The number of rotatable bonds is 3. The second-order valence-corrected chi connectivity index (χ2v) is 6.29. The normalized spacial score (nSPS) is 10.9. The van der Waals surface area contributed by atoms with Crippen LogP contribution in [0.3, 0.4) is 0 Å². The fourth-order valence-electron chi connectivity index (χ4n) is 3.38. The van der Waals surface area contributed by atoms with E-state index < -0.39 is 0 Å². The van der Waals surface area contributed by atoms with Crippen molar-refractivity contribution in [3.8, 4) is 28.0 Å². The number of imidazole rings is 1. The molecule has 1 N–H and O–H groups in total. The van der Waals surface area contributed by atoms with Gasteiger partial charge in [0.05, 0.1) is 23.8 Å². The third-order valence-corrected chi connectivity index (χ3v) is 4.48. The third-order valence-electron chi connectivity index (χ3n) is 4.48. The molecule has 0 unspecified atom stereocenters. The molecule has 0 radical (unpaired) electrons. The lowest BCUT2D eigenvalue weighted by molar-refractivity contribution is 0.393. The van der Waals surface area contributed by atoms with Gasteiger partial charge < -0.3 is 14.2 Å². The number of methoxy groups -OCH3 is 1. The first-order valence-electron chi connectivity index (χ1n) is 8.25. The van der Waals surface area contributed by atoms with Crippen LogP contribution in [0.5, 0.6) is 5.75 Å². The predicted octanol–water partition coefficient (Wildman–Crippen LogP) is 5.59. The Hall–Kier alpha value is -3.15. The monoisotopic (exact) mass is 367 g/mol. The summed E-state index contributed by atoms with van der Waals surface area (Å²) in [5.74, 6) is 1.77. The Morgan fingerprint density at radius 3 is 2.52 bits per heavy atom. The lowest BCUT2D eigenvalue weighted by Gasteiger charge is -2.11. The van der Waals surface area contributed by atoms with Crippen LogP contribution in [0.15, 0.2) is 34.9 Å². The number of H-pyrrole nitrogens is 1. The SMILES string of the molecule is C.COc1ccc(F)cc1-c1cc(-c2c(C)noc2C)cc2[nH]c(C)nc12. The topological polar surface area (TPSA) is 63.9 Å². The molecule has 2 heterocycles. The molecule has 140 valence electrons. The van der Waals surface area contributed by atoms with E-state index in [-0.39, 0.29) is 13.2 Å². The highest BCUT2D eigenvalue weighted by Crippen LogP contribution is 2.39. The molecule has 2 aromatic carbocycles. The number of hydrogen-bond donors (Lipinski definition) is 1. The second-order valence-electron chi connectivity index (χ2n) is 6.29. The minimum absolute atomic E-state index is 0. The Labute approximate surface area is 157 Å². The van der Waals surface area contributed by atoms with Gasteiger partial charge in [0, 0.05) is 16.7 Å². The van der Waals surface area contributed by atoms with Crippen molar-refractivity contribution in [3.05, 3.63) is 53.4 Å². The fourth-order valence-corrected chi connectivity index (χ4v) is 3.38. The molecule has 0 spiro atoms. The van der Waals surface area contributed by atoms with Crippen molar-refractivity contribution < 1.29 is 13.7 Å². The molecule has 0 atom stereocenters. The summed E-state index contributed by atoms with van der Waals surface area (Å²) in [6, 6.07) is 8.46. The molecule has 0 aliphatic rings. The summed E-state index contributed by atoms with van der Waals surface area (Å²) in [7, 11) is 1.57. The summed E-state index contributed by atoms with van der Waals surface area (Å²) in [6.45, 7) is 5.67. The van der Waals surface area contributed by atoms with Gasteiger partial charge in [0.25, 0.3) is 0 Å². The van der Waals surface area contributed by atoms with E-state index in [1.54, 1.807) is 13.2 Å². The zero-order chi connectivity index (χ0) is 18.4. The highest BCUT2D eigenvalue weighted by Gasteiger charge is 2.18. The molecule has 0 aliphatic carbocycles. The van der Waals surface area contributed by atoms with E-state index in [4.69, 9.17) is 9.26 Å². The number of nitrogens with one attached hydrogen (secondary N) is 1. The van der Waals surface area contributed by atoms with Gasteiger partial charge in [0.2, 0.25) is 0 Å². The van der Waals surface area contributed by atoms with E-state index in [0.717, 1.165) is 45.0 Å². The van der Waals surface area contributed by atoms with Gasteiger partial charge in [-0.3, -0.25) is 0 Å². The van der Waals surface area contributed by atoms with Crippen LogP contribution in [0.4, 0.5) is 4.39 Å². The van der Waals surface area contributed by atoms with Crippen molar-refractivity contribution in [2.75, 3.05) is 7.11 Å². The number of aryl methyl sites for hydroxylation is 3. The lowest BCUT2D eigenvalue weighted by Crippen LogP contribution is -1.92. The number of hydrogen-bond acceptors (Lipinski definition) is 4. The maximum atomic E-state index is 14.0. The lowest BCUT2D eigenvalue weighted by atomic mass is 9.96. The van der Waals surface area contributed by atoms with Gasteiger partial charge in [0.15, 0.2) is 0 Å². The quantitative estimate of drug-likeness (QED) is 0.512. The third kappa shape index (κ3) is 3.07. The van der Waals surface area contributed by atoms with Gasteiger partial charge in [0.1, 0.15) is 23.2 Å². The van der Waals surface area contributed by atoms with Crippen molar-refractivity contribution in [1.29, 1.82) is 0 Å². The van der Waals surface area contributed by atoms with Crippen LogP contribution in [0.2, 0.25) is 0 Å². The van der Waals surface area contributed by atoms with Crippen LogP contribution in [-0.4, -0.2) is 22.2 Å². The number of nitrogens with zero attached hydrogens (tertiary/aromatic N) is 2. The predicted molar refractivity (Wildman–Crippen MR) is 104 cm³/mol. The van der Waals surface area contributed by atoms with E-state index in [1.807, 2.05) is 32.9 Å². The van der Waals surface area contributed by atoms with Crippen LogP contribution in [-0.2, 0) is 0 Å². The van der Waals surface area contributed by atoms with E-state index in [1.165, 1.54) is 12.1 Å². The average molecular weight is 367 g/mol. The Balaban J connectivity index is 0.00000210. The summed E-state index contributed by atoms with van der Waals surface area (Å²) in [5, 5.41) is 4.04. The molecule has 5 nitrogen and oxygen atoms in total. The molecule has 0 amide bonds. The highest BCUT2D eigenvalue weighted by atomic mass is 19.1. The largest absolute Gasteiger partial charge is 0.496 e. The van der Waals surface area contributed by atoms with E-state index in [2.05, 4.69) is 15.1 Å². The van der Waals surface area contributed by atoms with Gasteiger partial charge >= 0.3 is 0 Å². The summed E-state index contributed by atoms with van der Waals surface area (Å²) < 4.78 is 24.7. The second kappa shape index (κ2) is 6.87. The van der Waals surface area contributed by atoms with Crippen molar-refractivity contribution in [2.24, 2.45) is 0 Å². The molecule has 0 bridgehead atoms. The number of halogens is 1. The molecule has 4 rings (SSSR count). The Bertz CT molecular complexity index is 1110. The van der Waals surface area contributed by atoms with Crippen molar-refractivity contribution in [1.82, 2.24) is 15.1 Å². The number of fused-ring (bicyclic) bond motifs is 1. The molecule has 2 aromatic heterocycles. The Morgan fingerprint density at radius 2 is 1.85 bits per heavy atom. The molecule has 0 fully saturated rings. The number of benzene rings is 2. The van der Waals surface area contributed by atoms with E-state index >= 15 is 0 Å². The molecule has 4 aromatic rings. The first kappa shape index (κ1) is 18.6. The minimum atomic E-state index is -0.330. The van der Waals surface area contributed by atoms with E-state index in [9.17, 15) is 4.39 Å². The maximum Gasteiger partial charge on any atom is 0.141 e. The number of ether oxygens (including phenoxy) is 1. The smallest absolute Gasteiger partial charge is 0.141 e. The maximum absolute atomic E-state index is 14.0. The molecule has 27 heavy (non-hydrogen) atoms. The van der Waals surface area contributed by atoms with E-state index in [0.29, 0.717) is 11.3 Å². The summed E-state index contributed by atoms with van der Waals surface area (Å²) in [6.07, 6.45) is 0. The molecule has 0 aliphatic heterocycles. The van der Waals surface area contributed by atoms with Crippen molar-refractivity contribution >= 4 is 11.0 Å². The summed E-state index contributed by atoms with van der Waals surface area (Å²) in [4.78, 5) is 7.85. The minimum Gasteiger partial charge on any atom is -0.496 e. The highest BCUT2D eigenvalue weighted by molar-refractivity contribution is 5.97. The van der Waals surface area contributed by atoms with Crippen LogP contribution < -0.4 is 4.74 Å². The van der Waals surface area contributed by atoms with Crippen LogP contribution >= 0.6 is 0 Å². The first-order chi connectivity index (χ1) is 12.5. The van der Waals surface area contributed by atoms with Crippen LogP contribution in [0.1, 0.15) is 24.7 Å². The van der Waals surface area contributed by atoms with Gasteiger partial charge in [-0.15, -0.1) is 0 Å². The molecule has 6 heteroatoms. The molecular weight excluding hydrogens is 345 g/mol. The Kier molecular flexibility index (Phi) is 4.74. The standard InChI is InChI=1S/C20H18FN3O2.CH4/c1-10-19(11(2)26-24-10)13-7-16(20-17(8-13)22-12(3)23-20)15-9-14(21)5-6-18(15)25-4;/h5-9H,1-4H3,(H,22,23);1H4. The van der Waals surface area contributed by atoms with Gasteiger partial charge in [-0.25, -0.2) is 9.37 Å². The average Bonchev–Trinajstić information content (AvgIpc) is 3.15. The molecular formula is C21H22FN3O2. The summed E-state index contributed by atoms with van der Waals surface area (Å²) in [5.41, 5.74) is 5.73. The number of aromatic nitrogens is 3. The zero-order valence-corrected chi connectivity index (χ0v) is 15.0. The first-order valence-corrected chi connectivity index (χ1v) is 8.25. The van der Waals surface area contributed by atoms with Crippen molar-refractivity contribution in [2.45, 2.75) is 28.2 Å². The fraction of sp³-hybridized carbons (Fsp3) is 0.238. The van der Waals surface area contributed by atoms with Crippen molar-refractivity contribution in [3.63, 3.8) is 0 Å². The molecule has 0 saturated carbocycles. The number of aromatic amines is 1. The van der Waals surface area contributed by atoms with Crippen LogP contribution in [0, 0.1) is 26.6 Å². The summed E-state index contributed by atoms with van der Waals surface area (Å²) >= 11 is 0. The Morgan fingerprint density at radius 1 is 1.07 bits per heavy atom. The molecule has 0 saturated heterocycles. The van der Waals surface area contributed by atoms with Gasteiger partial charge in [-0.1, -0.05) is 12.6 Å². The van der Waals surface area contributed by atoms with Gasteiger partial charge in [-0.2, -0.15) is 0 Å². The van der Waals surface area contributed by atoms with Gasteiger partial charge in [-0.05, 0) is 56.7 Å².